The van der Waals surface area contributed by atoms with Crippen LogP contribution in [0.4, 0.5) is 0 Å². The van der Waals surface area contributed by atoms with Crippen LogP contribution in [0.15, 0.2) is 18.2 Å². The van der Waals surface area contributed by atoms with Crippen molar-refractivity contribution in [3.05, 3.63) is 51.6 Å². The zero-order valence-corrected chi connectivity index (χ0v) is 24.0. The maximum absolute atomic E-state index is 13.7. The number of aliphatic hydroxyl groups is 2. The molecule has 1 heterocycles. The number of fused-ring (bicyclic) bond motifs is 3. The Morgan fingerprint density at radius 3 is 2.29 bits per heavy atom. The molecule has 2 aromatic carbocycles. The first-order valence-electron chi connectivity index (χ1n) is 13.7. The number of carbonyl (C=O) groups excluding carboxylic acids is 3. The fourth-order valence-corrected chi connectivity index (χ4v) is 6.56. The third kappa shape index (κ3) is 4.45. The fourth-order valence-electron chi connectivity index (χ4n) is 6.56. The second kappa shape index (κ2) is 10.6. The molecule has 12 nitrogen and oxygen atoms in total. The van der Waals surface area contributed by atoms with Gasteiger partial charge in [-0.1, -0.05) is 6.92 Å². The summed E-state index contributed by atoms with van der Waals surface area (Å²) >= 11 is 0. The third-order valence-corrected chi connectivity index (χ3v) is 8.87. The molecule has 5 rings (SSSR count). The van der Waals surface area contributed by atoms with Crippen LogP contribution in [0.1, 0.15) is 88.1 Å². The molecule has 12 heteroatoms. The molecule has 5 unspecified atom stereocenters. The van der Waals surface area contributed by atoms with Gasteiger partial charge in [-0.05, 0) is 51.2 Å². The van der Waals surface area contributed by atoms with Crippen LogP contribution in [-0.4, -0.2) is 99.3 Å². The molecular formula is C30H35NO11. The van der Waals surface area contributed by atoms with Crippen molar-refractivity contribution in [1.82, 2.24) is 4.90 Å². The number of phenols is 3. The van der Waals surface area contributed by atoms with Crippen LogP contribution in [0.2, 0.25) is 0 Å². The quantitative estimate of drug-likeness (QED) is 0.217. The molecule has 0 bridgehead atoms. The van der Waals surface area contributed by atoms with E-state index >= 15 is 0 Å². The van der Waals surface area contributed by atoms with Crippen molar-refractivity contribution < 1.29 is 54.1 Å². The molecule has 1 fully saturated rings. The van der Waals surface area contributed by atoms with Crippen LogP contribution in [0, 0.1) is 0 Å². The van der Waals surface area contributed by atoms with Crippen molar-refractivity contribution in [2.45, 2.75) is 75.3 Å². The van der Waals surface area contributed by atoms with E-state index in [1.54, 1.807) is 13.8 Å². The van der Waals surface area contributed by atoms with Gasteiger partial charge >= 0.3 is 5.97 Å². The highest BCUT2D eigenvalue weighted by atomic mass is 16.7. The molecule has 0 radical (unpaired) electrons. The molecule has 7 atom stereocenters. The number of ether oxygens (including phenoxy) is 3. The first-order chi connectivity index (χ1) is 19.7. The molecule has 0 amide bonds. The lowest BCUT2D eigenvalue weighted by Gasteiger charge is -2.46. The van der Waals surface area contributed by atoms with E-state index in [1.165, 1.54) is 6.07 Å². The number of aliphatic hydroxyl groups excluding tert-OH is 1. The Balaban J connectivity index is 1.70. The van der Waals surface area contributed by atoms with Crippen molar-refractivity contribution in [3.63, 3.8) is 0 Å². The van der Waals surface area contributed by atoms with Crippen LogP contribution in [0.5, 0.6) is 17.2 Å². The summed E-state index contributed by atoms with van der Waals surface area (Å²) < 4.78 is 17.3. The monoisotopic (exact) mass is 585 g/mol. The molecule has 3 aliphatic rings. The normalized spacial score (nSPS) is 30.5. The van der Waals surface area contributed by atoms with Crippen molar-refractivity contribution in [2.24, 2.45) is 0 Å². The Kier molecular flexibility index (Phi) is 7.57. The second-order valence-corrected chi connectivity index (χ2v) is 11.4. The van der Waals surface area contributed by atoms with Gasteiger partial charge in [-0.15, -0.1) is 0 Å². The predicted molar refractivity (Wildman–Crippen MR) is 146 cm³/mol. The molecule has 1 aliphatic heterocycles. The maximum atomic E-state index is 13.7. The average molecular weight is 586 g/mol. The molecule has 0 aromatic heterocycles. The van der Waals surface area contributed by atoms with Crippen LogP contribution >= 0.6 is 0 Å². The Labute approximate surface area is 242 Å². The molecule has 0 saturated carbocycles. The van der Waals surface area contributed by atoms with E-state index in [0.29, 0.717) is 0 Å². The second-order valence-electron chi connectivity index (χ2n) is 11.4. The van der Waals surface area contributed by atoms with Gasteiger partial charge in [0.1, 0.15) is 23.2 Å². The van der Waals surface area contributed by atoms with Gasteiger partial charge in [-0.2, -0.15) is 0 Å². The van der Waals surface area contributed by atoms with E-state index < -0.39 is 87.6 Å². The molecule has 2 aromatic rings. The van der Waals surface area contributed by atoms with Gasteiger partial charge in [-0.25, -0.2) is 0 Å². The number of nitrogens with zero attached hydrogens (tertiary/aromatic N) is 1. The van der Waals surface area contributed by atoms with Crippen molar-refractivity contribution in [1.29, 1.82) is 0 Å². The van der Waals surface area contributed by atoms with E-state index in [-0.39, 0.29) is 42.0 Å². The minimum Gasteiger partial charge on any atom is -0.507 e. The zero-order valence-electron chi connectivity index (χ0n) is 24.0. The number of hydrogen-bond donors (Lipinski definition) is 5. The van der Waals surface area contributed by atoms with E-state index in [9.17, 15) is 39.9 Å². The number of ketones is 2. The molecule has 1 saturated heterocycles. The molecule has 5 N–H and O–H groups in total. The van der Waals surface area contributed by atoms with E-state index in [2.05, 4.69) is 0 Å². The summed E-state index contributed by atoms with van der Waals surface area (Å²) in [5.74, 6) is -5.69. The van der Waals surface area contributed by atoms with Crippen molar-refractivity contribution >= 4 is 17.5 Å². The Bertz CT molecular complexity index is 1470. The molecule has 0 spiro atoms. The average Bonchev–Trinajstić information content (AvgIpc) is 2.93. The Morgan fingerprint density at radius 1 is 1.10 bits per heavy atom. The summed E-state index contributed by atoms with van der Waals surface area (Å²) in [4.78, 5) is 42.2. The molecular weight excluding hydrogens is 550 g/mol. The summed E-state index contributed by atoms with van der Waals surface area (Å²) in [6, 6.07) is 3.05. The number of phenolic OH excluding ortho intramolecular Hbond substituents is 3. The van der Waals surface area contributed by atoms with Gasteiger partial charge in [0.2, 0.25) is 5.78 Å². The van der Waals surface area contributed by atoms with Gasteiger partial charge in [0.05, 0.1) is 47.7 Å². The number of rotatable bonds is 5. The van der Waals surface area contributed by atoms with Crippen LogP contribution in [0.3, 0.4) is 0 Å². The number of carbonyl (C=O) groups is 3. The standard InChI is InChI=1S/C30H35NO11/c1-6-30(39)11-18(42-19-10-15(31(3)4)25(34)12(2)41-19)20-13(24(30)29(38)40-5)9-14-21(27(20)36)28(37)23-17(33)8-7-16(32)22(23)26(14)35/h7-9,12,15,18-19,24-25,32-34,36,39H,6,10-11H2,1-5H3/t12?,15?,18-,19?,24?,25?,30+/m0/s1. The molecule has 42 heavy (non-hydrogen) atoms. The van der Waals surface area contributed by atoms with Gasteiger partial charge in [0.25, 0.3) is 0 Å². The number of methoxy groups -OCH3 is 1. The number of hydrogen-bond acceptors (Lipinski definition) is 12. The first kappa shape index (κ1) is 29.9. The van der Waals surface area contributed by atoms with E-state index in [4.69, 9.17) is 14.2 Å². The lowest BCUT2D eigenvalue weighted by molar-refractivity contribution is -0.258. The topological polar surface area (TPSA) is 183 Å². The predicted octanol–water partition coefficient (Wildman–Crippen LogP) is 1.86. The van der Waals surface area contributed by atoms with Crippen molar-refractivity contribution in [3.8, 4) is 17.2 Å². The lowest BCUT2D eigenvalue weighted by atomic mass is 9.67. The van der Waals surface area contributed by atoms with E-state index in [1.807, 2.05) is 19.0 Å². The summed E-state index contributed by atoms with van der Waals surface area (Å²) in [7, 11) is 4.76. The fraction of sp³-hybridized carbons (Fsp3) is 0.500. The van der Waals surface area contributed by atoms with E-state index in [0.717, 1.165) is 19.2 Å². The lowest BCUT2D eigenvalue weighted by Crippen LogP contribution is -2.54. The summed E-state index contributed by atoms with van der Waals surface area (Å²) in [6.45, 7) is 3.36. The summed E-state index contributed by atoms with van der Waals surface area (Å²) in [6.07, 6.45) is -3.34. The van der Waals surface area contributed by atoms with Gasteiger partial charge in [0.15, 0.2) is 12.1 Å². The highest BCUT2D eigenvalue weighted by molar-refractivity contribution is 6.31. The number of likely N-dealkylation sites (N-methyl/N-ethyl adjacent to an activating group) is 1. The van der Waals surface area contributed by atoms with Gasteiger partial charge < -0.3 is 44.6 Å². The smallest absolute Gasteiger partial charge is 0.316 e. The van der Waals surface area contributed by atoms with Crippen LogP contribution in [0.25, 0.3) is 0 Å². The number of aromatic hydroxyl groups is 3. The maximum Gasteiger partial charge on any atom is 0.316 e. The summed E-state index contributed by atoms with van der Waals surface area (Å²) in [5.41, 5.74) is -3.36. The minimum atomic E-state index is -1.74. The zero-order chi connectivity index (χ0) is 30.8. The molecule has 226 valence electrons. The minimum absolute atomic E-state index is 0.00436. The largest absolute Gasteiger partial charge is 0.507 e. The third-order valence-electron chi connectivity index (χ3n) is 8.87. The number of esters is 1. The van der Waals surface area contributed by atoms with Gasteiger partial charge in [-0.3, -0.25) is 14.4 Å². The Morgan fingerprint density at radius 2 is 1.71 bits per heavy atom. The SMILES string of the molecule is CC[C@@]1(O)C[C@H](OC2CC(N(C)C)C(O)C(C)O2)c2c(cc3c(c2O)C(=O)c2c(O)ccc(O)c2C3=O)C1C(=O)OC. The number of benzene rings is 2. The summed E-state index contributed by atoms with van der Waals surface area (Å²) in [5, 5.41) is 54.9. The Hall–Kier alpha value is -3.55. The first-order valence-corrected chi connectivity index (χ1v) is 13.7. The van der Waals surface area contributed by atoms with Crippen molar-refractivity contribution in [2.75, 3.05) is 21.2 Å². The highest BCUT2D eigenvalue weighted by Crippen LogP contribution is 2.54. The molecule has 2 aliphatic carbocycles. The van der Waals surface area contributed by atoms with Crippen LogP contribution in [-0.2, 0) is 19.0 Å². The highest BCUT2D eigenvalue weighted by Gasteiger charge is 2.53. The van der Waals surface area contributed by atoms with Gasteiger partial charge in [0, 0.05) is 30.0 Å². The van der Waals surface area contributed by atoms with Crippen LogP contribution < -0.4 is 0 Å².